The van der Waals surface area contributed by atoms with Crippen LogP contribution in [0.1, 0.15) is 74.6 Å². The van der Waals surface area contributed by atoms with Crippen molar-refractivity contribution < 1.29 is 0 Å². The fourth-order valence-electron chi connectivity index (χ4n) is 3.40. The molecule has 2 aromatic heterocycles. The highest BCUT2D eigenvalue weighted by Crippen LogP contribution is 2.33. The van der Waals surface area contributed by atoms with E-state index in [-0.39, 0.29) is 5.56 Å². The number of aryl methyl sites for hydroxylation is 3. The van der Waals surface area contributed by atoms with E-state index in [1.54, 1.807) is 11.3 Å². The second-order valence-electron chi connectivity index (χ2n) is 6.42. The molecule has 0 saturated carbocycles. The highest BCUT2D eigenvalue weighted by molar-refractivity contribution is 7.18. The van der Waals surface area contributed by atoms with Gasteiger partial charge in [0.15, 0.2) is 0 Å². The lowest BCUT2D eigenvalue weighted by Gasteiger charge is -2.09. The number of aromatic amines is 1. The van der Waals surface area contributed by atoms with Gasteiger partial charge in [-0.25, -0.2) is 4.98 Å². The van der Waals surface area contributed by atoms with E-state index in [2.05, 4.69) is 11.9 Å². The van der Waals surface area contributed by atoms with Crippen molar-refractivity contribution in [3.8, 4) is 0 Å². The summed E-state index contributed by atoms with van der Waals surface area (Å²) in [6.45, 7) is 2.24. The number of nitrogens with zero attached hydrogens (tertiary/aromatic N) is 1. The number of unbranched alkanes of at least 4 members (excludes halogenated alkanes) is 5. The molecule has 0 saturated heterocycles. The number of thiophene rings is 1. The minimum absolute atomic E-state index is 0.0883. The van der Waals surface area contributed by atoms with Gasteiger partial charge < -0.3 is 4.98 Å². The highest BCUT2D eigenvalue weighted by Gasteiger charge is 2.19. The first-order valence-electron chi connectivity index (χ1n) is 8.83. The second kappa shape index (κ2) is 7.40. The first-order chi connectivity index (χ1) is 10.8. The molecule has 0 aliphatic heterocycles. The van der Waals surface area contributed by atoms with Crippen molar-refractivity contribution in [1.82, 2.24) is 9.97 Å². The molecule has 0 unspecified atom stereocenters. The molecular formula is C18H26N2OS. The Morgan fingerprint density at radius 3 is 2.73 bits per heavy atom. The molecule has 3 nitrogen and oxygen atoms in total. The number of hydrogen-bond acceptors (Lipinski definition) is 3. The van der Waals surface area contributed by atoms with Gasteiger partial charge in [-0.1, -0.05) is 39.0 Å². The number of nitrogens with one attached hydrogen (secondary N) is 1. The number of aromatic nitrogens is 2. The minimum atomic E-state index is 0.0883. The Kier molecular flexibility index (Phi) is 5.29. The predicted molar refractivity (Wildman–Crippen MR) is 94.0 cm³/mol. The maximum Gasteiger partial charge on any atom is 0.259 e. The molecule has 120 valence electrons. The zero-order valence-electron chi connectivity index (χ0n) is 13.5. The number of hydrogen-bond donors (Lipinski definition) is 1. The van der Waals surface area contributed by atoms with Crippen LogP contribution in [0.2, 0.25) is 0 Å². The van der Waals surface area contributed by atoms with Gasteiger partial charge in [0, 0.05) is 11.3 Å². The van der Waals surface area contributed by atoms with E-state index in [0.717, 1.165) is 41.7 Å². The van der Waals surface area contributed by atoms with Crippen LogP contribution < -0.4 is 5.56 Å². The van der Waals surface area contributed by atoms with E-state index in [0.29, 0.717) is 0 Å². The van der Waals surface area contributed by atoms with Gasteiger partial charge in [-0.05, 0) is 37.7 Å². The van der Waals surface area contributed by atoms with Crippen LogP contribution in [0.5, 0.6) is 0 Å². The maximum atomic E-state index is 12.4. The van der Waals surface area contributed by atoms with E-state index in [1.165, 1.54) is 55.4 Å². The third kappa shape index (κ3) is 3.43. The normalized spacial score (nSPS) is 14.4. The van der Waals surface area contributed by atoms with Crippen molar-refractivity contribution in [2.45, 2.75) is 77.6 Å². The van der Waals surface area contributed by atoms with Crippen molar-refractivity contribution >= 4 is 21.6 Å². The average molecular weight is 318 g/mol. The zero-order valence-corrected chi connectivity index (χ0v) is 14.4. The molecule has 2 heterocycles. The van der Waals surface area contributed by atoms with Crippen molar-refractivity contribution in [2.24, 2.45) is 0 Å². The summed E-state index contributed by atoms with van der Waals surface area (Å²) in [7, 11) is 0. The van der Waals surface area contributed by atoms with Gasteiger partial charge >= 0.3 is 0 Å². The summed E-state index contributed by atoms with van der Waals surface area (Å²) in [6, 6.07) is 0. The molecule has 2 aromatic rings. The Morgan fingerprint density at radius 2 is 1.86 bits per heavy atom. The Hall–Kier alpha value is -1.16. The van der Waals surface area contributed by atoms with Crippen molar-refractivity contribution in [3.05, 3.63) is 26.6 Å². The molecule has 1 aliphatic rings. The molecule has 22 heavy (non-hydrogen) atoms. The quantitative estimate of drug-likeness (QED) is 0.748. The van der Waals surface area contributed by atoms with E-state index in [9.17, 15) is 4.79 Å². The summed E-state index contributed by atoms with van der Waals surface area (Å²) >= 11 is 1.75. The van der Waals surface area contributed by atoms with E-state index in [1.807, 2.05) is 0 Å². The molecule has 0 aromatic carbocycles. The Labute approximate surface area is 136 Å². The third-order valence-electron chi connectivity index (χ3n) is 4.64. The standard InChI is InChI=1S/C18H26N2OS/c1-2-3-4-5-6-7-12-15-19-17(21)16-13-10-8-9-11-14(13)22-18(16)20-15/h2-12H2,1H3,(H,19,20,21). The van der Waals surface area contributed by atoms with Gasteiger partial charge in [0.25, 0.3) is 5.56 Å². The van der Waals surface area contributed by atoms with Crippen molar-refractivity contribution in [3.63, 3.8) is 0 Å². The minimum Gasteiger partial charge on any atom is -0.310 e. The molecule has 0 bridgehead atoms. The SMILES string of the molecule is CCCCCCCCc1nc2sc3c(c2c(=O)[nH]1)CCCC3. The summed E-state index contributed by atoms with van der Waals surface area (Å²) in [4.78, 5) is 22.6. The summed E-state index contributed by atoms with van der Waals surface area (Å²) in [5, 5.41) is 0.881. The monoisotopic (exact) mass is 318 g/mol. The maximum absolute atomic E-state index is 12.4. The summed E-state index contributed by atoms with van der Waals surface area (Å²) < 4.78 is 0. The van der Waals surface area contributed by atoms with Gasteiger partial charge in [0.2, 0.25) is 0 Å². The molecule has 1 N–H and O–H groups in total. The van der Waals surface area contributed by atoms with Crippen LogP contribution in [0.4, 0.5) is 0 Å². The molecule has 1 aliphatic carbocycles. The zero-order chi connectivity index (χ0) is 15.4. The highest BCUT2D eigenvalue weighted by atomic mass is 32.1. The van der Waals surface area contributed by atoms with E-state index >= 15 is 0 Å². The largest absolute Gasteiger partial charge is 0.310 e. The van der Waals surface area contributed by atoms with Crippen LogP contribution in [-0.2, 0) is 19.3 Å². The molecule has 0 radical (unpaired) electrons. The fourth-order valence-corrected chi connectivity index (χ4v) is 4.68. The summed E-state index contributed by atoms with van der Waals surface area (Å²) in [5.74, 6) is 0.881. The summed E-state index contributed by atoms with van der Waals surface area (Å²) in [6.07, 6.45) is 13.2. The third-order valence-corrected chi connectivity index (χ3v) is 5.83. The number of H-pyrrole nitrogens is 1. The molecule has 0 amide bonds. The van der Waals surface area contributed by atoms with Gasteiger partial charge in [-0.2, -0.15) is 0 Å². The van der Waals surface area contributed by atoms with Gasteiger partial charge in [0.05, 0.1) is 5.39 Å². The first kappa shape index (κ1) is 15.7. The van der Waals surface area contributed by atoms with Gasteiger partial charge in [-0.15, -0.1) is 11.3 Å². The van der Waals surface area contributed by atoms with Crippen molar-refractivity contribution in [1.29, 1.82) is 0 Å². The van der Waals surface area contributed by atoms with E-state index in [4.69, 9.17) is 4.98 Å². The molecule has 0 spiro atoms. The van der Waals surface area contributed by atoms with Gasteiger partial charge in [0.1, 0.15) is 10.7 Å². The van der Waals surface area contributed by atoms with Crippen LogP contribution in [0.25, 0.3) is 10.2 Å². The number of rotatable bonds is 7. The second-order valence-corrected chi connectivity index (χ2v) is 7.51. The number of fused-ring (bicyclic) bond motifs is 3. The molecule has 0 atom stereocenters. The van der Waals surface area contributed by atoms with Crippen LogP contribution in [-0.4, -0.2) is 9.97 Å². The van der Waals surface area contributed by atoms with Crippen LogP contribution in [0.15, 0.2) is 4.79 Å². The Bertz CT molecular complexity index is 686. The predicted octanol–water partition coefficient (Wildman–Crippen LogP) is 4.77. The van der Waals surface area contributed by atoms with Crippen LogP contribution >= 0.6 is 11.3 Å². The lowest BCUT2D eigenvalue weighted by atomic mass is 9.97. The molecular weight excluding hydrogens is 292 g/mol. The van der Waals surface area contributed by atoms with Gasteiger partial charge in [-0.3, -0.25) is 4.79 Å². The fraction of sp³-hybridized carbons (Fsp3) is 0.667. The van der Waals surface area contributed by atoms with E-state index < -0.39 is 0 Å². The molecule has 0 fully saturated rings. The van der Waals surface area contributed by atoms with Crippen molar-refractivity contribution in [2.75, 3.05) is 0 Å². The lowest BCUT2D eigenvalue weighted by molar-refractivity contribution is 0.601. The smallest absolute Gasteiger partial charge is 0.259 e. The summed E-state index contributed by atoms with van der Waals surface area (Å²) in [5.41, 5.74) is 1.37. The molecule has 4 heteroatoms. The van der Waals surface area contributed by atoms with Crippen LogP contribution in [0, 0.1) is 0 Å². The molecule has 3 rings (SSSR count). The lowest BCUT2D eigenvalue weighted by Crippen LogP contribution is -2.13. The Morgan fingerprint density at radius 1 is 1.09 bits per heavy atom. The first-order valence-corrected chi connectivity index (χ1v) is 9.64. The topological polar surface area (TPSA) is 45.8 Å². The van der Waals surface area contributed by atoms with Crippen LogP contribution in [0.3, 0.4) is 0 Å². The average Bonchev–Trinajstić information content (AvgIpc) is 2.89. The Balaban J connectivity index is 1.69.